The minimum atomic E-state index is -0.452. The molecule has 1 unspecified atom stereocenters. The first-order valence-corrected chi connectivity index (χ1v) is 9.20. The zero-order valence-corrected chi connectivity index (χ0v) is 14.3. The summed E-state index contributed by atoms with van der Waals surface area (Å²) in [6.45, 7) is 0.196. The first kappa shape index (κ1) is 16.1. The largest absolute Gasteiger partial charge is 0.454 e. The van der Waals surface area contributed by atoms with Gasteiger partial charge in [-0.15, -0.1) is 0 Å². The van der Waals surface area contributed by atoms with Gasteiger partial charge in [-0.05, 0) is 31.4 Å². The van der Waals surface area contributed by atoms with Crippen LogP contribution >= 0.6 is 11.8 Å². The van der Waals surface area contributed by atoms with Gasteiger partial charge in [0.15, 0.2) is 11.5 Å². The lowest BCUT2D eigenvalue weighted by Crippen LogP contribution is -2.31. The fourth-order valence-corrected chi connectivity index (χ4v) is 4.11. The second-order valence-electron chi connectivity index (χ2n) is 6.04. The maximum Gasteiger partial charge on any atom is 0.367 e. The SMILES string of the molecule is O=C1N=C2CCCCC2C(SCC(=O)Nc2ccc3c(c2)OCO3)=N1. The van der Waals surface area contributed by atoms with E-state index in [-0.39, 0.29) is 24.4 Å². The van der Waals surface area contributed by atoms with Gasteiger partial charge in [0.05, 0.1) is 10.8 Å². The number of carbonyl (C=O) groups is 2. The van der Waals surface area contributed by atoms with E-state index in [2.05, 4.69) is 15.3 Å². The number of benzene rings is 1. The summed E-state index contributed by atoms with van der Waals surface area (Å²) in [6.07, 6.45) is 3.95. The van der Waals surface area contributed by atoms with Gasteiger partial charge in [-0.25, -0.2) is 9.79 Å². The van der Waals surface area contributed by atoms with Gasteiger partial charge in [0.25, 0.3) is 0 Å². The third-order valence-corrected chi connectivity index (χ3v) is 5.41. The molecule has 1 aliphatic carbocycles. The lowest BCUT2D eigenvalue weighted by molar-refractivity contribution is -0.113. The minimum absolute atomic E-state index is 0.106. The van der Waals surface area contributed by atoms with E-state index >= 15 is 0 Å². The highest BCUT2D eigenvalue weighted by molar-refractivity contribution is 8.14. The highest BCUT2D eigenvalue weighted by Gasteiger charge is 2.30. The molecule has 0 radical (unpaired) electrons. The predicted octanol–water partition coefficient (Wildman–Crippen LogP) is 3.25. The number of hydrogen-bond acceptors (Lipinski definition) is 5. The van der Waals surface area contributed by atoms with Gasteiger partial charge in [0.1, 0.15) is 0 Å². The third kappa shape index (κ3) is 3.53. The summed E-state index contributed by atoms with van der Waals surface area (Å²) in [4.78, 5) is 31.9. The van der Waals surface area contributed by atoms with Crippen molar-refractivity contribution in [3.63, 3.8) is 0 Å². The van der Waals surface area contributed by atoms with Crippen molar-refractivity contribution in [2.45, 2.75) is 25.7 Å². The molecular weight excluding hydrogens is 342 g/mol. The predicted molar refractivity (Wildman–Crippen MR) is 95.9 cm³/mol. The molecule has 0 saturated heterocycles. The van der Waals surface area contributed by atoms with Gasteiger partial charge < -0.3 is 14.8 Å². The van der Waals surface area contributed by atoms with Crippen LogP contribution in [0.5, 0.6) is 11.5 Å². The van der Waals surface area contributed by atoms with Crippen molar-refractivity contribution in [3.05, 3.63) is 18.2 Å². The summed E-state index contributed by atoms with van der Waals surface area (Å²) in [5, 5.41) is 3.55. The van der Waals surface area contributed by atoms with Crippen LogP contribution in [-0.2, 0) is 4.79 Å². The maximum atomic E-state index is 12.2. The molecule has 0 aromatic heterocycles. The summed E-state index contributed by atoms with van der Waals surface area (Å²) < 4.78 is 10.5. The van der Waals surface area contributed by atoms with Crippen LogP contribution in [0.4, 0.5) is 10.5 Å². The summed E-state index contributed by atoms with van der Waals surface area (Å²) in [5.41, 5.74) is 1.57. The average molecular weight is 359 g/mol. The lowest BCUT2D eigenvalue weighted by Gasteiger charge is -2.26. The van der Waals surface area contributed by atoms with Gasteiger partial charge in [-0.1, -0.05) is 18.2 Å². The Labute approximate surface area is 148 Å². The summed E-state index contributed by atoms with van der Waals surface area (Å²) >= 11 is 1.32. The zero-order chi connectivity index (χ0) is 17.2. The van der Waals surface area contributed by atoms with Crippen molar-refractivity contribution >= 4 is 40.1 Å². The number of carbonyl (C=O) groups excluding carboxylic acids is 2. The van der Waals surface area contributed by atoms with Crippen LogP contribution in [0.25, 0.3) is 0 Å². The number of amides is 3. The number of fused-ring (bicyclic) bond motifs is 2. The van der Waals surface area contributed by atoms with E-state index in [0.717, 1.165) is 36.4 Å². The van der Waals surface area contributed by atoms with Gasteiger partial charge in [-0.2, -0.15) is 4.99 Å². The summed E-state index contributed by atoms with van der Waals surface area (Å²) in [7, 11) is 0. The minimum Gasteiger partial charge on any atom is -0.454 e. The van der Waals surface area contributed by atoms with E-state index in [9.17, 15) is 9.59 Å². The number of rotatable bonds is 3. The topological polar surface area (TPSA) is 89.4 Å². The van der Waals surface area contributed by atoms with Crippen LogP contribution in [-0.4, -0.2) is 35.2 Å². The molecule has 1 aromatic rings. The standard InChI is InChI=1S/C17H17N3O4S/c21-15(18-10-5-6-13-14(7-10)24-9-23-13)8-25-16-11-3-1-2-4-12(11)19-17(22)20-16/h5-7,11H,1-4,8-9H2,(H,18,21). The van der Waals surface area contributed by atoms with Gasteiger partial charge in [-0.3, -0.25) is 4.79 Å². The fraction of sp³-hybridized carbons (Fsp3) is 0.412. The number of anilines is 1. The Hall–Kier alpha value is -2.35. The number of thioether (sulfide) groups is 1. The van der Waals surface area contributed by atoms with Crippen LogP contribution in [0, 0.1) is 5.92 Å². The van der Waals surface area contributed by atoms with Crippen LogP contribution in [0.15, 0.2) is 28.2 Å². The molecule has 1 atom stereocenters. The molecule has 25 heavy (non-hydrogen) atoms. The number of ether oxygens (including phenoxy) is 2. The van der Waals surface area contributed by atoms with Crippen molar-refractivity contribution in [2.75, 3.05) is 17.9 Å². The Balaban J connectivity index is 1.36. The maximum absolute atomic E-state index is 12.2. The molecule has 1 N–H and O–H groups in total. The monoisotopic (exact) mass is 359 g/mol. The molecule has 2 heterocycles. The molecule has 4 rings (SSSR count). The van der Waals surface area contributed by atoms with Gasteiger partial charge in [0, 0.05) is 23.4 Å². The number of nitrogens with zero attached hydrogens (tertiary/aromatic N) is 2. The third-order valence-electron chi connectivity index (χ3n) is 4.33. The molecule has 130 valence electrons. The molecule has 1 aromatic carbocycles. The molecular formula is C17H17N3O4S. The van der Waals surface area contributed by atoms with Crippen molar-refractivity contribution < 1.29 is 19.1 Å². The Kier molecular flexibility index (Phi) is 4.44. The highest BCUT2D eigenvalue weighted by Crippen LogP contribution is 2.34. The second kappa shape index (κ2) is 6.87. The molecule has 2 aliphatic heterocycles. The molecule has 3 amide bonds. The first-order valence-electron chi connectivity index (χ1n) is 8.21. The Morgan fingerprint density at radius 3 is 3.04 bits per heavy atom. The number of urea groups is 1. The Morgan fingerprint density at radius 1 is 1.24 bits per heavy atom. The van der Waals surface area contributed by atoms with Crippen molar-refractivity contribution in [3.8, 4) is 11.5 Å². The molecule has 0 spiro atoms. The van der Waals surface area contributed by atoms with E-state index < -0.39 is 6.03 Å². The normalized spacial score (nSPS) is 21.3. The molecule has 0 bridgehead atoms. The fourth-order valence-electron chi connectivity index (χ4n) is 3.16. The van der Waals surface area contributed by atoms with Crippen LogP contribution in [0.1, 0.15) is 25.7 Å². The number of aliphatic imine (C=N–C) groups is 2. The van der Waals surface area contributed by atoms with Crippen molar-refractivity contribution in [2.24, 2.45) is 15.9 Å². The van der Waals surface area contributed by atoms with E-state index in [0.29, 0.717) is 17.2 Å². The molecule has 7 nitrogen and oxygen atoms in total. The van der Waals surface area contributed by atoms with E-state index in [4.69, 9.17) is 9.47 Å². The zero-order valence-electron chi connectivity index (χ0n) is 13.5. The van der Waals surface area contributed by atoms with Gasteiger partial charge in [0.2, 0.25) is 12.7 Å². The van der Waals surface area contributed by atoms with Crippen molar-refractivity contribution in [1.82, 2.24) is 0 Å². The first-order chi connectivity index (χ1) is 12.2. The number of hydrogen-bond donors (Lipinski definition) is 1. The summed E-state index contributed by atoms with van der Waals surface area (Å²) in [5.74, 6) is 1.45. The second-order valence-corrected chi connectivity index (χ2v) is 7.03. The van der Waals surface area contributed by atoms with Crippen LogP contribution in [0.3, 0.4) is 0 Å². The lowest BCUT2D eigenvalue weighted by atomic mass is 9.87. The van der Waals surface area contributed by atoms with Gasteiger partial charge >= 0.3 is 6.03 Å². The molecule has 1 saturated carbocycles. The molecule has 3 aliphatic rings. The Morgan fingerprint density at radius 2 is 2.12 bits per heavy atom. The smallest absolute Gasteiger partial charge is 0.367 e. The van der Waals surface area contributed by atoms with E-state index in [1.54, 1.807) is 18.2 Å². The quantitative estimate of drug-likeness (QED) is 0.895. The number of nitrogens with one attached hydrogen (secondary N) is 1. The van der Waals surface area contributed by atoms with Crippen molar-refractivity contribution in [1.29, 1.82) is 0 Å². The van der Waals surface area contributed by atoms with E-state index in [1.807, 2.05) is 0 Å². The Bertz CT molecular complexity index is 790. The highest BCUT2D eigenvalue weighted by atomic mass is 32.2. The molecule has 1 fully saturated rings. The van der Waals surface area contributed by atoms with E-state index in [1.165, 1.54) is 11.8 Å². The average Bonchev–Trinajstić information content (AvgIpc) is 3.07. The van der Waals surface area contributed by atoms with Crippen LogP contribution in [0.2, 0.25) is 0 Å². The van der Waals surface area contributed by atoms with Crippen LogP contribution < -0.4 is 14.8 Å². The summed E-state index contributed by atoms with van der Waals surface area (Å²) in [6, 6.07) is 4.81. The molecule has 8 heteroatoms.